The smallest absolute Gasteiger partial charge is 0.249 e. The van der Waals surface area contributed by atoms with Crippen LogP contribution >= 0.6 is 0 Å². The van der Waals surface area contributed by atoms with Gasteiger partial charge in [0.1, 0.15) is 0 Å². The molecular formula is C8H8O4. The van der Waals surface area contributed by atoms with Gasteiger partial charge in [-0.3, -0.25) is 0 Å². The van der Waals surface area contributed by atoms with Gasteiger partial charge in [-0.15, -0.1) is 0 Å². The highest BCUT2D eigenvalue weighted by Crippen LogP contribution is 2.32. The van der Waals surface area contributed by atoms with Gasteiger partial charge in [0.15, 0.2) is 6.29 Å². The van der Waals surface area contributed by atoms with E-state index in [9.17, 15) is 0 Å². The van der Waals surface area contributed by atoms with E-state index in [1.807, 2.05) is 0 Å². The lowest BCUT2D eigenvalue weighted by Gasteiger charge is -2.02. The van der Waals surface area contributed by atoms with Gasteiger partial charge in [0.2, 0.25) is 6.29 Å². The summed E-state index contributed by atoms with van der Waals surface area (Å²) in [5.74, 6) is 0. The second-order valence-corrected chi connectivity index (χ2v) is 2.56. The van der Waals surface area contributed by atoms with Crippen molar-refractivity contribution in [3.8, 4) is 0 Å². The average molecular weight is 168 g/mol. The molecule has 1 heterocycles. The molecule has 0 bridgehead atoms. The first-order valence-electron chi connectivity index (χ1n) is 3.55. The van der Waals surface area contributed by atoms with Crippen molar-refractivity contribution >= 4 is 0 Å². The fraction of sp³-hybridized carbons (Fsp3) is 0.250. The Kier molecular flexibility index (Phi) is 1.82. The van der Waals surface area contributed by atoms with Crippen molar-refractivity contribution < 1.29 is 20.0 Å². The number of aliphatic hydroxyl groups excluding tert-OH is 1. The molecule has 0 radical (unpaired) electrons. The fourth-order valence-electron chi connectivity index (χ4n) is 0.964. The van der Waals surface area contributed by atoms with Gasteiger partial charge in [0.25, 0.3) is 0 Å². The zero-order valence-electron chi connectivity index (χ0n) is 6.18. The molecule has 64 valence electrons. The van der Waals surface area contributed by atoms with Gasteiger partial charge in [0, 0.05) is 11.1 Å². The molecule has 2 N–H and O–H groups in total. The monoisotopic (exact) mass is 168 g/mol. The standard InChI is InChI=1S/C8H8O4/c9-7(10)5-1-3-6(4-2-5)8-11-12-8/h1-4,7-10H. The molecule has 4 nitrogen and oxygen atoms in total. The summed E-state index contributed by atoms with van der Waals surface area (Å²) in [5, 5.41) is 17.5. The summed E-state index contributed by atoms with van der Waals surface area (Å²) in [6.07, 6.45) is -1.69. The van der Waals surface area contributed by atoms with Crippen molar-refractivity contribution in [2.45, 2.75) is 12.6 Å². The van der Waals surface area contributed by atoms with Crippen LogP contribution in [0.2, 0.25) is 0 Å². The summed E-state index contributed by atoms with van der Waals surface area (Å²) in [4.78, 5) is 9.14. The normalized spacial score (nSPS) is 16.9. The second-order valence-electron chi connectivity index (χ2n) is 2.56. The summed E-state index contributed by atoms with van der Waals surface area (Å²) in [5.41, 5.74) is 1.33. The Morgan fingerprint density at radius 3 is 2.08 bits per heavy atom. The van der Waals surface area contributed by atoms with E-state index in [2.05, 4.69) is 9.78 Å². The van der Waals surface area contributed by atoms with Crippen LogP contribution in [0.3, 0.4) is 0 Å². The Hall–Kier alpha value is -0.940. The zero-order valence-corrected chi connectivity index (χ0v) is 6.18. The molecule has 12 heavy (non-hydrogen) atoms. The molecule has 1 aromatic carbocycles. The highest BCUT2D eigenvalue weighted by molar-refractivity contribution is 5.24. The average Bonchev–Trinajstić information content (AvgIpc) is 2.87. The minimum atomic E-state index is -1.42. The molecule has 1 aliphatic rings. The predicted octanol–water partition coefficient (Wildman–Crippen LogP) is 0.630. The quantitative estimate of drug-likeness (QED) is 0.386. The molecule has 1 saturated heterocycles. The summed E-state index contributed by atoms with van der Waals surface area (Å²) in [7, 11) is 0. The van der Waals surface area contributed by atoms with E-state index in [0.29, 0.717) is 5.56 Å². The Bertz CT molecular complexity index is 242. The van der Waals surface area contributed by atoms with Gasteiger partial charge in [-0.1, -0.05) is 24.3 Å². The minimum absolute atomic E-state index is 0.269. The maximum Gasteiger partial charge on any atom is 0.249 e. The van der Waals surface area contributed by atoms with Crippen molar-refractivity contribution in [2.24, 2.45) is 0 Å². The summed E-state index contributed by atoms with van der Waals surface area (Å²) >= 11 is 0. The Morgan fingerprint density at radius 2 is 1.67 bits per heavy atom. The van der Waals surface area contributed by atoms with Crippen LogP contribution in [0.25, 0.3) is 0 Å². The first kappa shape index (κ1) is 7.70. The van der Waals surface area contributed by atoms with Gasteiger partial charge in [-0.2, -0.15) is 9.78 Å². The number of benzene rings is 1. The van der Waals surface area contributed by atoms with Gasteiger partial charge in [-0.25, -0.2) is 0 Å². The molecule has 0 saturated carbocycles. The number of aliphatic hydroxyl groups is 2. The molecule has 4 heteroatoms. The van der Waals surface area contributed by atoms with Crippen LogP contribution in [0, 0.1) is 0 Å². The van der Waals surface area contributed by atoms with E-state index < -0.39 is 6.29 Å². The number of hydrogen-bond donors (Lipinski definition) is 2. The fourth-order valence-corrected chi connectivity index (χ4v) is 0.964. The van der Waals surface area contributed by atoms with Crippen molar-refractivity contribution in [1.82, 2.24) is 0 Å². The van der Waals surface area contributed by atoms with Gasteiger partial charge < -0.3 is 10.2 Å². The van der Waals surface area contributed by atoms with Crippen LogP contribution in [0.5, 0.6) is 0 Å². The van der Waals surface area contributed by atoms with E-state index in [4.69, 9.17) is 10.2 Å². The lowest BCUT2D eigenvalue weighted by atomic mass is 10.1. The van der Waals surface area contributed by atoms with E-state index in [1.165, 1.54) is 0 Å². The zero-order chi connectivity index (χ0) is 8.55. The highest BCUT2D eigenvalue weighted by Gasteiger charge is 2.27. The van der Waals surface area contributed by atoms with E-state index in [1.54, 1.807) is 24.3 Å². The van der Waals surface area contributed by atoms with Gasteiger partial charge >= 0.3 is 0 Å². The van der Waals surface area contributed by atoms with Crippen LogP contribution in [0.15, 0.2) is 24.3 Å². The van der Waals surface area contributed by atoms with Crippen molar-refractivity contribution in [3.63, 3.8) is 0 Å². The lowest BCUT2D eigenvalue weighted by Crippen LogP contribution is -1.94. The third-order valence-corrected chi connectivity index (χ3v) is 1.70. The van der Waals surface area contributed by atoms with Crippen molar-refractivity contribution in [1.29, 1.82) is 0 Å². The molecule has 1 aliphatic heterocycles. The topological polar surface area (TPSA) is 65.5 Å². The van der Waals surface area contributed by atoms with Crippen LogP contribution in [0.1, 0.15) is 23.7 Å². The van der Waals surface area contributed by atoms with Gasteiger partial charge in [0.05, 0.1) is 0 Å². The molecule has 1 aromatic rings. The summed E-state index contributed by atoms with van der Waals surface area (Å²) < 4.78 is 0. The molecule has 0 aromatic heterocycles. The molecule has 0 atom stereocenters. The molecule has 0 amide bonds. The van der Waals surface area contributed by atoms with Crippen LogP contribution in [-0.2, 0) is 9.78 Å². The number of rotatable bonds is 2. The third kappa shape index (κ3) is 1.46. The van der Waals surface area contributed by atoms with Crippen LogP contribution < -0.4 is 0 Å². The molecule has 0 aliphatic carbocycles. The molecular weight excluding hydrogens is 160 g/mol. The Labute approximate surface area is 68.9 Å². The molecule has 0 unspecified atom stereocenters. The maximum atomic E-state index is 8.76. The highest BCUT2D eigenvalue weighted by atomic mass is 17.4. The maximum absolute atomic E-state index is 8.76. The van der Waals surface area contributed by atoms with Crippen molar-refractivity contribution in [2.75, 3.05) is 0 Å². The SMILES string of the molecule is OC(O)c1ccc(C2OO2)cc1. The van der Waals surface area contributed by atoms with Gasteiger partial charge in [-0.05, 0) is 0 Å². The largest absolute Gasteiger partial charge is 0.364 e. The molecule has 1 fully saturated rings. The molecule has 0 spiro atoms. The first-order valence-corrected chi connectivity index (χ1v) is 3.55. The first-order chi connectivity index (χ1) is 5.77. The second kappa shape index (κ2) is 2.84. The van der Waals surface area contributed by atoms with Crippen LogP contribution in [0.4, 0.5) is 0 Å². The van der Waals surface area contributed by atoms with E-state index in [-0.39, 0.29) is 6.29 Å². The Balaban J connectivity index is 2.18. The Morgan fingerprint density at radius 1 is 1.08 bits per heavy atom. The summed E-state index contributed by atoms with van der Waals surface area (Å²) in [6.45, 7) is 0. The van der Waals surface area contributed by atoms with Crippen molar-refractivity contribution in [3.05, 3.63) is 35.4 Å². The predicted molar refractivity (Wildman–Crippen MR) is 38.5 cm³/mol. The minimum Gasteiger partial charge on any atom is -0.364 e. The lowest BCUT2D eigenvalue weighted by molar-refractivity contribution is -0.0424. The third-order valence-electron chi connectivity index (χ3n) is 1.70. The van der Waals surface area contributed by atoms with E-state index in [0.717, 1.165) is 5.56 Å². The number of hydrogen-bond acceptors (Lipinski definition) is 4. The summed E-state index contributed by atoms with van der Waals surface area (Å²) in [6, 6.07) is 6.69. The molecule has 2 rings (SSSR count). The van der Waals surface area contributed by atoms with Crippen LogP contribution in [-0.4, -0.2) is 10.2 Å². The van der Waals surface area contributed by atoms with E-state index >= 15 is 0 Å².